The van der Waals surface area contributed by atoms with Gasteiger partial charge in [-0.05, 0) is 49.1 Å². The molecule has 1 atom stereocenters. The Morgan fingerprint density at radius 3 is 2.39 bits per heavy atom. The average Bonchev–Trinajstić information content (AvgIpc) is 2.66. The summed E-state index contributed by atoms with van der Waals surface area (Å²) in [6, 6.07) is 12.5. The molecule has 0 aliphatic rings. The van der Waals surface area contributed by atoms with E-state index in [4.69, 9.17) is 23.2 Å². The van der Waals surface area contributed by atoms with Crippen molar-refractivity contribution in [3.05, 3.63) is 69.2 Å². The largest absolute Gasteiger partial charge is 0.355 e. The van der Waals surface area contributed by atoms with E-state index >= 15 is 0 Å². The molecule has 6 heteroatoms. The number of hydrogen-bond donors (Lipinski definition) is 1. The van der Waals surface area contributed by atoms with Crippen LogP contribution in [0.2, 0.25) is 10.0 Å². The number of likely N-dealkylation sites (N-methyl/N-ethyl adjacent to an activating group) is 1. The smallest absolute Gasteiger partial charge is 0.242 e. The Balaban J connectivity index is 2.33. The van der Waals surface area contributed by atoms with E-state index in [1.807, 2.05) is 51.1 Å². The van der Waals surface area contributed by atoms with Crippen molar-refractivity contribution in [2.24, 2.45) is 0 Å². The average molecular weight is 421 g/mol. The molecule has 0 unspecified atom stereocenters. The zero-order chi connectivity index (χ0) is 20.7. The van der Waals surface area contributed by atoms with E-state index in [0.29, 0.717) is 23.0 Å². The van der Waals surface area contributed by atoms with Gasteiger partial charge in [-0.25, -0.2) is 0 Å². The lowest BCUT2D eigenvalue weighted by Crippen LogP contribution is -2.49. The lowest BCUT2D eigenvalue weighted by atomic mass is 10.0. The molecule has 28 heavy (non-hydrogen) atoms. The van der Waals surface area contributed by atoms with Crippen LogP contribution in [0.25, 0.3) is 0 Å². The first kappa shape index (κ1) is 22.3. The number of benzene rings is 2. The molecule has 0 spiro atoms. The van der Waals surface area contributed by atoms with Gasteiger partial charge in [0.2, 0.25) is 11.8 Å². The van der Waals surface area contributed by atoms with Crippen LogP contribution in [0.3, 0.4) is 0 Å². The third kappa shape index (κ3) is 5.73. The highest BCUT2D eigenvalue weighted by atomic mass is 35.5. The first-order chi connectivity index (χ1) is 13.4. The van der Waals surface area contributed by atoms with Crippen molar-refractivity contribution in [3.8, 4) is 0 Å². The zero-order valence-electron chi connectivity index (χ0n) is 16.5. The van der Waals surface area contributed by atoms with E-state index in [1.54, 1.807) is 17.0 Å². The second kappa shape index (κ2) is 10.5. The quantitative estimate of drug-likeness (QED) is 0.667. The van der Waals surface area contributed by atoms with Gasteiger partial charge in [-0.3, -0.25) is 9.59 Å². The predicted octanol–water partition coefficient (Wildman–Crippen LogP) is 4.79. The summed E-state index contributed by atoms with van der Waals surface area (Å²) >= 11 is 12.1. The fourth-order valence-corrected chi connectivity index (χ4v) is 3.44. The van der Waals surface area contributed by atoms with E-state index in [9.17, 15) is 9.59 Å². The summed E-state index contributed by atoms with van der Waals surface area (Å²) < 4.78 is 0. The third-order valence-corrected chi connectivity index (χ3v) is 5.42. The van der Waals surface area contributed by atoms with Crippen LogP contribution in [0, 0.1) is 6.92 Å². The second-order valence-corrected chi connectivity index (χ2v) is 7.51. The van der Waals surface area contributed by atoms with Gasteiger partial charge < -0.3 is 10.2 Å². The van der Waals surface area contributed by atoms with Crippen molar-refractivity contribution in [2.75, 3.05) is 6.54 Å². The number of amides is 2. The number of nitrogens with one attached hydrogen (secondary N) is 1. The predicted molar refractivity (Wildman–Crippen MR) is 115 cm³/mol. The van der Waals surface area contributed by atoms with Crippen LogP contribution in [0.1, 0.15) is 37.0 Å². The number of carbonyl (C=O) groups is 2. The summed E-state index contributed by atoms with van der Waals surface area (Å²) in [4.78, 5) is 27.5. The summed E-state index contributed by atoms with van der Waals surface area (Å²) in [5.41, 5.74) is 2.84. The summed E-state index contributed by atoms with van der Waals surface area (Å²) in [5.74, 6) is -0.248. The van der Waals surface area contributed by atoms with Gasteiger partial charge in [0.1, 0.15) is 6.04 Å². The van der Waals surface area contributed by atoms with Crippen LogP contribution in [-0.2, 0) is 22.6 Å². The first-order valence-electron chi connectivity index (χ1n) is 9.42. The van der Waals surface area contributed by atoms with Crippen LogP contribution < -0.4 is 5.32 Å². The Hall–Kier alpha value is -2.04. The van der Waals surface area contributed by atoms with E-state index in [0.717, 1.165) is 16.7 Å². The molecule has 0 aromatic heterocycles. The molecule has 0 heterocycles. The Kier molecular flexibility index (Phi) is 8.34. The number of nitrogens with zero attached hydrogens (tertiary/aromatic N) is 1. The minimum absolute atomic E-state index is 0.0986. The topological polar surface area (TPSA) is 49.4 Å². The zero-order valence-corrected chi connectivity index (χ0v) is 18.0. The molecule has 1 N–H and O–H groups in total. The van der Waals surface area contributed by atoms with Crippen molar-refractivity contribution in [3.63, 3.8) is 0 Å². The van der Waals surface area contributed by atoms with Crippen molar-refractivity contribution in [1.82, 2.24) is 10.2 Å². The molecule has 0 saturated heterocycles. The van der Waals surface area contributed by atoms with Crippen molar-refractivity contribution < 1.29 is 9.59 Å². The molecule has 2 amide bonds. The summed E-state index contributed by atoms with van der Waals surface area (Å²) in [6.45, 7) is 6.55. The van der Waals surface area contributed by atoms with Crippen molar-refractivity contribution in [2.45, 2.75) is 46.2 Å². The highest BCUT2D eigenvalue weighted by Gasteiger charge is 2.28. The van der Waals surface area contributed by atoms with E-state index in [1.165, 1.54) is 0 Å². The molecule has 0 fully saturated rings. The molecule has 2 aromatic rings. The normalized spacial score (nSPS) is 11.8. The first-order valence-corrected chi connectivity index (χ1v) is 10.2. The molecule has 0 radical (unpaired) electrons. The van der Waals surface area contributed by atoms with Crippen LogP contribution in [-0.4, -0.2) is 29.3 Å². The molecule has 150 valence electrons. The fraction of sp³-hybridized carbons (Fsp3) is 0.364. The summed E-state index contributed by atoms with van der Waals surface area (Å²) in [7, 11) is 0. The van der Waals surface area contributed by atoms with Crippen LogP contribution >= 0.6 is 23.2 Å². The van der Waals surface area contributed by atoms with Crippen LogP contribution in [0.4, 0.5) is 0 Å². The maximum Gasteiger partial charge on any atom is 0.242 e. The number of rotatable bonds is 8. The minimum atomic E-state index is -0.550. The molecular weight excluding hydrogens is 395 g/mol. The number of halogens is 2. The molecule has 0 aliphatic carbocycles. The van der Waals surface area contributed by atoms with Crippen LogP contribution in [0.15, 0.2) is 42.5 Å². The van der Waals surface area contributed by atoms with Crippen molar-refractivity contribution in [1.29, 1.82) is 0 Å². The third-order valence-electron chi connectivity index (χ3n) is 4.68. The number of carbonyl (C=O) groups excluding carboxylic acids is 2. The minimum Gasteiger partial charge on any atom is -0.355 e. The Labute approximate surface area is 176 Å². The van der Waals surface area contributed by atoms with E-state index in [-0.39, 0.29) is 24.8 Å². The standard InChI is InChI=1S/C22H26Cl2N2O2/c1-4-20(22(28)25-5-2)26(14-16-10-11-18(23)19(24)12-16)21(27)13-17-9-7-6-8-15(17)3/h6-12,20H,4-5,13-14H2,1-3H3,(H,25,28)/t20-/m1/s1. The number of hydrogen-bond acceptors (Lipinski definition) is 2. The van der Waals surface area contributed by atoms with Gasteiger partial charge in [-0.2, -0.15) is 0 Å². The fourth-order valence-electron chi connectivity index (χ4n) is 3.12. The molecule has 4 nitrogen and oxygen atoms in total. The second-order valence-electron chi connectivity index (χ2n) is 6.69. The maximum atomic E-state index is 13.2. The molecule has 2 rings (SSSR count). The molecule has 0 bridgehead atoms. The van der Waals surface area contributed by atoms with Gasteiger partial charge in [0, 0.05) is 13.1 Å². The molecular formula is C22H26Cl2N2O2. The molecule has 2 aromatic carbocycles. The summed E-state index contributed by atoms with van der Waals surface area (Å²) in [6.07, 6.45) is 0.760. The number of aryl methyl sites for hydroxylation is 1. The van der Waals surface area contributed by atoms with Crippen molar-refractivity contribution >= 4 is 35.0 Å². The Bertz CT molecular complexity index is 839. The summed E-state index contributed by atoms with van der Waals surface area (Å²) in [5, 5.41) is 3.72. The van der Waals surface area contributed by atoms with E-state index < -0.39 is 6.04 Å². The monoisotopic (exact) mass is 420 g/mol. The molecule has 0 aliphatic heterocycles. The maximum absolute atomic E-state index is 13.2. The molecule has 0 saturated carbocycles. The van der Waals surface area contributed by atoms with Gasteiger partial charge in [0.05, 0.1) is 16.5 Å². The van der Waals surface area contributed by atoms with E-state index in [2.05, 4.69) is 5.32 Å². The van der Waals surface area contributed by atoms with Gasteiger partial charge in [-0.15, -0.1) is 0 Å². The highest BCUT2D eigenvalue weighted by molar-refractivity contribution is 6.42. The highest BCUT2D eigenvalue weighted by Crippen LogP contribution is 2.24. The SMILES string of the molecule is CCNC(=O)[C@@H](CC)N(Cc1ccc(Cl)c(Cl)c1)C(=O)Cc1ccccc1C. The lowest BCUT2D eigenvalue weighted by molar-refractivity contribution is -0.140. The Morgan fingerprint density at radius 1 is 1.07 bits per heavy atom. The van der Waals surface area contributed by atoms with Gasteiger partial charge in [0.15, 0.2) is 0 Å². The van der Waals surface area contributed by atoms with Gasteiger partial charge in [0.25, 0.3) is 0 Å². The van der Waals surface area contributed by atoms with Crippen LogP contribution in [0.5, 0.6) is 0 Å². The lowest BCUT2D eigenvalue weighted by Gasteiger charge is -2.31. The van der Waals surface area contributed by atoms with Gasteiger partial charge >= 0.3 is 0 Å². The van der Waals surface area contributed by atoms with Gasteiger partial charge in [-0.1, -0.05) is 60.5 Å². The Morgan fingerprint density at radius 2 is 1.79 bits per heavy atom.